The average molecular weight is 588 g/mol. The highest BCUT2D eigenvalue weighted by Gasteiger charge is 2.33. The molecule has 1 heterocycles. The Bertz CT molecular complexity index is 1170. The zero-order valence-corrected chi connectivity index (χ0v) is 23.2. The number of aliphatic hydroxyl groups excluding tert-OH is 1. The molecule has 0 saturated carbocycles. The molecule has 1 fully saturated rings. The second-order valence-electron chi connectivity index (χ2n) is 10.1. The molecule has 0 unspecified atom stereocenters. The number of aliphatic hydroxyl groups is 1. The highest BCUT2D eigenvalue weighted by molar-refractivity contribution is 7.89. The number of ether oxygens (including phenoxy) is 2. The van der Waals surface area contributed by atoms with E-state index in [0.717, 1.165) is 40.6 Å². The van der Waals surface area contributed by atoms with Crippen LogP contribution >= 0.6 is 0 Å². The Morgan fingerprint density at radius 1 is 1.12 bits per heavy atom. The number of halogens is 3. The Hall–Kier alpha value is -2.71. The van der Waals surface area contributed by atoms with E-state index >= 15 is 0 Å². The van der Waals surface area contributed by atoms with E-state index in [2.05, 4.69) is 15.4 Å². The number of rotatable bonds is 14. The van der Waals surface area contributed by atoms with Gasteiger partial charge in [-0.3, -0.25) is 4.79 Å². The van der Waals surface area contributed by atoms with Crippen molar-refractivity contribution in [2.75, 3.05) is 32.8 Å². The predicted octanol–water partition coefficient (Wildman–Crippen LogP) is 2.70. The number of amides is 1. The summed E-state index contributed by atoms with van der Waals surface area (Å²) in [6.07, 6.45) is -5.17. The summed E-state index contributed by atoms with van der Waals surface area (Å²) in [6, 6.07) is 12.3. The molecule has 3 N–H and O–H groups in total. The van der Waals surface area contributed by atoms with Crippen LogP contribution in [0.3, 0.4) is 0 Å². The lowest BCUT2D eigenvalue weighted by Crippen LogP contribution is -2.53. The number of nitrogens with zero attached hydrogens (tertiary/aromatic N) is 1. The molecule has 1 amide bonds. The van der Waals surface area contributed by atoms with Gasteiger partial charge in [-0.25, -0.2) is 8.42 Å². The van der Waals surface area contributed by atoms with Gasteiger partial charge in [0.1, 0.15) is 5.75 Å². The van der Waals surface area contributed by atoms with Crippen LogP contribution in [-0.2, 0) is 26.0 Å². The summed E-state index contributed by atoms with van der Waals surface area (Å²) >= 11 is 0. The molecule has 2 aromatic rings. The maximum absolute atomic E-state index is 13.5. The fraction of sp³-hybridized carbons (Fsp3) is 0.519. The van der Waals surface area contributed by atoms with Crippen LogP contribution in [-0.4, -0.2) is 81.1 Å². The van der Waals surface area contributed by atoms with Crippen LogP contribution in [0.5, 0.6) is 5.75 Å². The number of benzene rings is 2. The average Bonchev–Trinajstić information content (AvgIpc) is 3.40. The van der Waals surface area contributed by atoms with Gasteiger partial charge in [0.15, 0.2) is 0 Å². The number of carbonyl (C=O) groups is 1. The molecule has 3 atom stereocenters. The Labute approximate surface area is 232 Å². The van der Waals surface area contributed by atoms with Gasteiger partial charge in [0.2, 0.25) is 15.9 Å². The lowest BCUT2D eigenvalue weighted by Gasteiger charge is -2.31. The number of hydrogen-bond donors (Lipinski definition) is 3. The minimum Gasteiger partial charge on any atom is -0.406 e. The first-order chi connectivity index (χ1) is 18.8. The molecule has 9 nitrogen and oxygen atoms in total. The van der Waals surface area contributed by atoms with E-state index in [1.807, 2.05) is 30.3 Å². The smallest absolute Gasteiger partial charge is 0.406 e. The van der Waals surface area contributed by atoms with Gasteiger partial charge in [-0.15, -0.1) is 13.2 Å². The maximum atomic E-state index is 13.5. The number of hydrogen-bond acceptors (Lipinski definition) is 7. The predicted molar refractivity (Wildman–Crippen MR) is 142 cm³/mol. The van der Waals surface area contributed by atoms with Gasteiger partial charge >= 0.3 is 6.36 Å². The molecule has 1 aliphatic rings. The first-order valence-electron chi connectivity index (χ1n) is 13.0. The zero-order valence-electron chi connectivity index (χ0n) is 22.4. The Morgan fingerprint density at radius 3 is 2.38 bits per heavy atom. The first-order valence-corrected chi connectivity index (χ1v) is 14.5. The number of alkyl halides is 3. The summed E-state index contributed by atoms with van der Waals surface area (Å²) in [6.45, 7) is 4.43. The highest BCUT2D eigenvalue weighted by Crippen LogP contribution is 2.26. The molecule has 0 bridgehead atoms. The van der Waals surface area contributed by atoms with Crippen molar-refractivity contribution in [3.63, 3.8) is 0 Å². The van der Waals surface area contributed by atoms with Crippen molar-refractivity contribution >= 4 is 15.9 Å². The van der Waals surface area contributed by atoms with Crippen LogP contribution in [0.2, 0.25) is 0 Å². The van der Waals surface area contributed by atoms with Crippen molar-refractivity contribution in [2.24, 2.45) is 5.92 Å². The van der Waals surface area contributed by atoms with Crippen molar-refractivity contribution in [2.45, 2.75) is 56.1 Å². The Morgan fingerprint density at radius 2 is 1.80 bits per heavy atom. The number of sulfonamides is 1. The third-order valence-electron chi connectivity index (χ3n) is 6.24. The third-order valence-corrected chi connectivity index (χ3v) is 8.09. The standard InChI is InChI=1S/C27H36F3N3O6S/c1-19(2)16-33(40(36,37)23-10-8-22(9-11-23)39-27(28,29)30)17-25(34)24(14-20-6-4-3-5-7-20)32-26(35)15-31-21-12-13-38-18-21/h3-11,19,21,24-25,31,34H,12-18H2,1-2H3,(H,32,35)/t21-,24+,25-/m1/s1. The molecule has 13 heteroatoms. The molecule has 2 aromatic carbocycles. The van der Waals surface area contributed by atoms with Gasteiger partial charge in [0, 0.05) is 25.7 Å². The quantitative estimate of drug-likeness (QED) is 0.311. The van der Waals surface area contributed by atoms with Crippen molar-refractivity contribution in [1.29, 1.82) is 0 Å². The topological polar surface area (TPSA) is 117 Å². The largest absolute Gasteiger partial charge is 0.573 e. The van der Waals surface area contributed by atoms with E-state index in [1.54, 1.807) is 13.8 Å². The zero-order chi connectivity index (χ0) is 29.3. The SMILES string of the molecule is CC(C)CN(C[C@@H](O)[C@H](Cc1ccccc1)NC(=O)CN[C@@H]1CCOC1)S(=O)(=O)c1ccc(OC(F)(F)F)cc1. The molecule has 3 rings (SSSR count). The normalized spacial score (nSPS) is 17.6. The van der Waals surface area contributed by atoms with Gasteiger partial charge in [-0.05, 0) is 48.6 Å². The van der Waals surface area contributed by atoms with E-state index in [0.29, 0.717) is 13.2 Å². The van der Waals surface area contributed by atoms with Crippen LogP contribution < -0.4 is 15.4 Å². The summed E-state index contributed by atoms with van der Waals surface area (Å²) in [5.74, 6) is -1.04. The van der Waals surface area contributed by atoms with Gasteiger partial charge in [0.05, 0.1) is 30.2 Å². The van der Waals surface area contributed by atoms with Gasteiger partial charge in [-0.2, -0.15) is 4.31 Å². The van der Waals surface area contributed by atoms with Crippen molar-refractivity contribution < 1.29 is 41.0 Å². The molecule has 1 saturated heterocycles. The highest BCUT2D eigenvalue weighted by atomic mass is 32.2. The van der Waals surface area contributed by atoms with Crippen molar-refractivity contribution in [3.05, 3.63) is 60.2 Å². The third kappa shape index (κ3) is 10.0. The van der Waals surface area contributed by atoms with Gasteiger partial charge < -0.3 is 25.2 Å². The van der Waals surface area contributed by atoms with Gasteiger partial charge in [0.25, 0.3) is 0 Å². The molecule has 40 heavy (non-hydrogen) atoms. The van der Waals surface area contributed by atoms with Crippen molar-refractivity contribution in [1.82, 2.24) is 14.9 Å². The van der Waals surface area contributed by atoms with E-state index in [9.17, 15) is 31.5 Å². The monoisotopic (exact) mass is 587 g/mol. The Balaban J connectivity index is 1.77. The second-order valence-corrected chi connectivity index (χ2v) is 12.0. The van der Waals surface area contributed by atoms with E-state index in [4.69, 9.17) is 4.74 Å². The van der Waals surface area contributed by atoms with Crippen LogP contribution in [0.25, 0.3) is 0 Å². The van der Waals surface area contributed by atoms with Gasteiger partial charge in [-0.1, -0.05) is 44.2 Å². The summed E-state index contributed by atoms with van der Waals surface area (Å²) < 4.78 is 74.8. The lowest BCUT2D eigenvalue weighted by atomic mass is 10.0. The molecular weight excluding hydrogens is 551 g/mol. The molecule has 0 aliphatic carbocycles. The number of nitrogens with one attached hydrogen (secondary N) is 2. The molecule has 0 aromatic heterocycles. The summed E-state index contributed by atoms with van der Waals surface area (Å²) in [5.41, 5.74) is 0.836. The van der Waals surface area contributed by atoms with Crippen LogP contribution in [0.4, 0.5) is 13.2 Å². The van der Waals surface area contributed by atoms with E-state index in [1.165, 1.54) is 0 Å². The summed E-state index contributed by atoms with van der Waals surface area (Å²) in [7, 11) is -4.21. The summed E-state index contributed by atoms with van der Waals surface area (Å²) in [5, 5.41) is 17.2. The van der Waals surface area contributed by atoms with Crippen LogP contribution in [0, 0.1) is 5.92 Å². The maximum Gasteiger partial charge on any atom is 0.573 e. The van der Waals surface area contributed by atoms with Crippen LogP contribution in [0.1, 0.15) is 25.8 Å². The van der Waals surface area contributed by atoms with Crippen molar-refractivity contribution in [3.8, 4) is 5.75 Å². The lowest BCUT2D eigenvalue weighted by molar-refractivity contribution is -0.274. The molecule has 222 valence electrons. The molecule has 0 radical (unpaired) electrons. The second kappa shape index (κ2) is 14.3. The Kier molecular flexibility index (Phi) is 11.3. The minimum absolute atomic E-state index is 0.00634. The fourth-order valence-corrected chi connectivity index (χ4v) is 5.94. The first kappa shape index (κ1) is 31.8. The molecule has 1 aliphatic heterocycles. The summed E-state index contributed by atoms with van der Waals surface area (Å²) in [4.78, 5) is 12.5. The van der Waals surface area contributed by atoms with E-state index in [-0.39, 0.29) is 48.8 Å². The number of carbonyl (C=O) groups excluding carboxylic acids is 1. The van der Waals surface area contributed by atoms with Crippen LogP contribution in [0.15, 0.2) is 59.5 Å². The minimum atomic E-state index is -4.91. The van der Waals surface area contributed by atoms with E-state index < -0.39 is 34.3 Å². The molecular formula is C27H36F3N3O6S. The molecule has 0 spiro atoms. The fourth-order valence-electron chi connectivity index (χ4n) is 4.32.